The number of halogens is 2. The summed E-state index contributed by atoms with van der Waals surface area (Å²) in [4.78, 5) is 19.7. The maximum Gasteiger partial charge on any atom is 0.410 e. The van der Waals surface area contributed by atoms with Crippen LogP contribution >= 0.6 is 23.2 Å². The van der Waals surface area contributed by atoms with Crippen molar-refractivity contribution in [1.29, 1.82) is 0 Å². The third-order valence-corrected chi connectivity index (χ3v) is 10.1. The molecule has 0 spiro atoms. The summed E-state index contributed by atoms with van der Waals surface area (Å²) < 4.78 is 30.9. The predicted molar refractivity (Wildman–Crippen MR) is 153 cm³/mol. The number of sulfonamides is 1. The maximum absolute atomic E-state index is 13.0. The van der Waals surface area contributed by atoms with Gasteiger partial charge >= 0.3 is 6.09 Å². The van der Waals surface area contributed by atoms with Crippen LogP contribution in [0, 0.1) is 0 Å². The van der Waals surface area contributed by atoms with Crippen LogP contribution in [-0.4, -0.2) is 110 Å². The van der Waals surface area contributed by atoms with Gasteiger partial charge in [0.1, 0.15) is 5.60 Å². The number of benzene rings is 1. The molecule has 1 atom stereocenters. The van der Waals surface area contributed by atoms with Crippen LogP contribution < -0.4 is 0 Å². The van der Waals surface area contributed by atoms with Gasteiger partial charge in [0.15, 0.2) is 0 Å². The first-order chi connectivity index (χ1) is 17.8. The molecule has 38 heavy (non-hydrogen) atoms. The molecule has 0 aromatic heterocycles. The van der Waals surface area contributed by atoms with Gasteiger partial charge in [0.25, 0.3) is 0 Å². The van der Waals surface area contributed by atoms with Crippen LogP contribution in [-0.2, 0) is 20.2 Å². The van der Waals surface area contributed by atoms with E-state index in [0.29, 0.717) is 42.3 Å². The van der Waals surface area contributed by atoms with Crippen LogP contribution in [0.5, 0.6) is 0 Å². The number of hydrogen-bond donors (Lipinski definition) is 0. The van der Waals surface area contributed by atoms with E-state index in [1.807, 2.05) is 37.8 Å². The number of carbonyl (C=O) groups excluding carboxylic acids is 1. The standard InChI is InChI=1S/C27H42Cl2N4O4S/c1-26(2,3)37-25(34)32-12-6-10-27(20-32,21-7-8-23(28)24(29)17-21)9-5-11-30-18-22(19-30)31-13-15-33(16-14-31)38(4,35)36/h7-8,17,22H,5-6,9-16,18-20H2,1-4H3/t27-/m0/s1. The fourth-order valence-corrected chi connectivity index (χ4v) is 7.15. The zero-order valence-electron chi connectivity index (χ0n) is 23.1. The second-order valence-electron chi connectivity index (χ2n) is 12.1. The second-order valence-corrected chi connectivity index (χ2v) is 14.9. The van der Waals surface area contributed by atoms with E-state index in [1.54, 1.807) is 4.31 Å². The molecular formula is C27H42Cl2N4O4S. The Morgan fingerprint density at radius 3 is 2.37 bits per heavy atom. The van der Waals surface area contributed by atoms with Gasteiger partial charge in [0.05, 0.1) is 16.3 Å². The van der Waals surface area contributed by atoms with E-state index in [0.717, 1.165) is 64.0 Å². The molecular weight excluding hydrogens is 547 g/mol. The van der Waals surface area contributed by atoms with Crippen molar-refractivity contribution < 1.29 is 17.9 Å². The summed E-state index contributed by atoms with van der Waals surface area (Å²) in [6, 6.07) is 6.38. The van der Waals surface area contributed by atoms with E-state index in [1.165, 1.54) is 6.26 Å². The quantitative estimate of drug-likeness (QED) is 0.472. The lowest BCUT2D eigenvalue weighted by molar-refractivity contribution is 0.00799. The Kier molecular flexibility index (Phi) is 9.27. The summed E-state index contributed by atoms with van der Waals surface area (Å²) in [5.74, 6) is 0. The molecule has 1 aromatic carbocycles. The third-order valence-electron chi connectivity index (χ3n) is 8.09. The smallest absolute Gasteiger partial charge is 0.410 e. The maximum atomic E-state index is 13.0. The first-order valence-corrected chi connectivity index (χ1v) is 16.2. The Hall–Kier alpha value is -1.10. The number of piperidine rings is 1. The molecule has 3 saturated heterocycles. The molecule has 3 heterocycles. The molecule has 0 radical (unpaired) electrons. The minimum absolute atomic E-state index is 0.199. The first-order valence-electron chi connectivity index (χ1n) is 13.6. The molecule has 0 saturated carbocycles. The molecule has 1 aromatic rings. The van der Waals surface area contributed by atoms with Crippen molar-refractivity contribution in [2.75, 3.05) is 65.2 Å². The van der Waals surface area contributed by atoms with Crippen LogP contribution in [0.2, 0.25) is 10.0 Å². The van der Waals surface area contributed by atoms with E-state index < -0.39 is 15.6 Å². The number of carbonyl (C=O) groups is 1. The molecule has 3 aliphatic heterocycles. The molecule has 0 N–H and O–H groups in total. The highest BCUT2D eigenvalue weighted by Gasteiger charge is 2.41. The summed E-state index contributed by atoms with van der Waals surface area (Å²) >= 11 is 12.7. The van der Waals surface area contributed by atoms with Crippen LogP contribution in [0.15, 0.2) is 18.2 Å². The lowest BCUT2D eigenvalue weighted by Gasteiger charge is -2.48. The monoisotopic (exact) mass is 588 g/mol. The van der Waals surface area contributed by atoms with Gasteiger partial charge in [-0.15, -0.1) is 0 Å². The van der Waals surface area contributed by atoms with Crippen LogP contribution in [0.4, 0.5) is 4.79 Å². The minimum atomic E-state index is -3.10. The molecule has 8 nitrogen and oxygen atoms in total. The molecule has 3 fully saturated rings. The SMILES string of the molecule is CC(C)(C)OC(=O)N1CCC[C@](CCCN2CC(N3CCN(S(C)(=O)=O)CC3)C2)(c2ccc(Cl)c(Cl)c2)C1. The molecule has 214 valence electrons. The molecule has 11 heteroatoms. The largest absolute Gasteiger partial charge is 0.444 e. The summed E-state index contributed by atoms with van der Waals surface area (Å²) in [5.41, 5.74) is 0.396. The van der Waals surface area contributed by atoms with Gasteiger partial charge < -0.3 is 14.5 Å². The number of rotatable bonds is 7. The van der Waals surface area contributed by atoms with Crippen molar-refractivity contribution in [1.82, 2.24) is 19.0 Å². The van der Waals surface area contributed by atoms with Gasteiger partial charge in [-0.25, -0.2) is 13.2 Å². The fourth-order valence-electron chi connectivity index (χ4n) is 6.02. The van der Waals surface area contributed by atoms with Gasteiger partial charge in [0.2, 0.25) is 10.0 Å². The summed E-state index contributed by atoms with van der Waals surface area (Å²) in [6.45, 7) is 12.8. The van der Waals surface area contributed by atoms with E-state index >= 15 is 0 Å². The van der Waals surface area contributed by atoms with Crippen LogP contribution in [0.25, 0.3) is 0 Å². The first kappa shape index (κ1) is 29.9. The molecule has 1 amide bonds. The van der Waals surface area contributed by atoms with Crippen molar-refractivity contribution in [3.8, 4) is 0 Å². The van der Waals surface area contributed by atoms with E-state index in [4.69, 9.17) is 27.9 Å². The average Bonchev–Trinajstić information content (AvgIpc) is 2.81. The number of nitrogens with zero attached hydrogens (tertiary/aromatic N) is 4. The zero-order chi connectivity index (χ0) is 27.7. The van der Waals surface area contributed by atoms with Gasteiger partial charge in [-0.3, -0.25) is 4.90 Å². The summed E-state index contributed by atoms with van der Waals surface area (Å²) in [6.07, 6.45) is 4.87. The third kappa shape index (κ3) is 7.34. The second kappa shape index (κ2) is 11.8. The number of amides is 1. The summed E-state index contributed by atoms with van der Waals surface area (Å²) in [7, 11) is -3.10. The van der Waals surface area contributed by atoms with Gasteiger partial charge in [-0.05, 0) is 70.7 Å². The Morgan fingerprint density at radius 1 is 1.08 bits per heavy atom. The molecule has 0 aliphatic carbocycles. The normalized spacial score (nSPS) is 24.8. The number of likely N-dealkylation sites (tertiary alicyclic amines) is 2. The van der Waals surface area contributed by atoms with Crippen molar-refractivity contribution in [2.45, 2.75) is 63.5 Å². The van der Waals surface area contributed by atoms with Crippen LogP contribution in [0.3, 0.4) is 0 Å². The lowest BCUT2D eigenvalue weighted by Crippen LogP contribution is -2.63. The van der Waals surface area contributed by atoms with Crippen molar-refractivity contribution in [3.63, 3.8) is 0 Å². The number of piperazine rings is 1. The minimum Gasteiger partial charge on any atom is -0.444 e. The lowest BCUT2D eigenvalue weighted by atomic mass is 9.71. The highest BCUT2D eigenvalue weighted by Crippen LogP contribution is 2.41. The fraction of sp³-hybridized carbons (Fsp3) is 0.741. The van der Waals surface area contributed by atoms with Crippen LogP contribution in [0.1, 0.15) is 52.0 Å². The van der Waals surface area contributed by atoms with Crippen molar-refractivity contribution in [3.05, 3.63) is 33.8 Å². The number of hydrogen-bond acceptors (Lipinski definition) is 6. The van der Waals surface area contributed by atoms with Gasteiger partial charge in [0, 0.05) is 63.8 Å². The Balaban J connectivity index is 1.35. The highest BCUT2D eigenvalue weighted by atomic mass is 35.5. The van der Waals surface area contributed by atoms with E-state index in [2.05, 4.69) is 15.9 Å². The van der Waals surface area contributed by atoms with Gasteiger partial charge in [-0.1, -0.05) is 29.3 Å². The Labute approximate surface area is 238 Å². The van der Waals surface area contributed by atoms with Crippen molar-refractivity contribution in [2.24, 2.45) is 0 Å². The highest BCUT2D eigenvalue weighted by molar-refractivity contribution is 7.88. The van der Waals surface area contributed by atoms with E-state index in [-0.39, 0.29) is 11.5 Å². The molecule has 0 unspecified atom stereocenters. The number of ether oxygens (including phenoxy) is 1. The predicted octanol–water partition coefficient (Wildman–Crippen LogP) is 4.30. The average molecular weight is 590 g/mol. The summed E-state index contributed by atoms with van der Waals surface area (Å²) in [5, 5.41) is 1.08. The Morgan fingerprint density at radius 2 is 1.76 bits per heavy atom. The zero-order valence-corrected chi connectivity index (χ0v) is 25.4. The molecule has 4 rings (SSSR count). The molecule has 3 aliphatic rings. The molecule has 0 bridgehead atoms. The Bertz CT molecular complexity index is 1100. The van der Waals surface area contributed by atoms with Gasteiger partial charge in [-0.2, -0.15) is 4.31 Å². The topological polar surface area (TPSA) is 73.4 Å². The van der Waals surface area contributed by atoms with Crippen molar-refractivity contribution >= 4 is 39.3 Å². The van der Waals surface area contributed by atoms with E-state index in [9.17, 15) is 13.2 Å².